The van der Waals surface area contributed by atoms with Crippen LogP contribution in [-0.4, -0.2) is 50.3 Å². The first kappa shape index (κ1) is 37.5. The number of carboxylic acids is 2. The van der Waals surface area contributed by atoms with Crippen LogP contribution in [0.15, 0.2) is 18.3 Å². The van der Waals surface area contributed by atoms with E-state index in [0.717, 1.165) is 38.5 Å². The Labute approximate surface area is 265 Å². The molecule has 0 saturated carbocycles. The Morgan fingerprint density at radius 1 is 0.705 bits per heavy atom. The number of ketones is 2. The molecule has 1 atom stereocenters. The summed E-state index contributed by atoms with van der Waals surface area (Å²) in [4.78, 5) is 58.5. The molecule has 1 unspecified atom stereocenters. The van der Waals surface area contributed by atoms with Gasteiger partial charge in [-0.1, -0.05) is 124 Å². The summed E-state index contributed by atoms with van der Waals surface area (Å²) in [6.45, 7) is 6.21. The van der Waals surface area contributed by atoms with Gasteiger partial charge >= 0.3 is 11.9 Å². The van der Waals surface area contributed by atoms with Crippen LogP contribution in [0.2, 0.25) is 0 Å². The monoisotopic (exact) mass is 616 g/mol. The van der Waals surface area contributed by atoms with Gasteiger partial charge in [0.2, 0.25) is 5.54 Å². The van der Waals surface area contributed by atoms with Gasteiger partial charge in [0, 0.05) is 25.5 Å². The smallest absolute Gasteiger partial charge is 0.341 e. The molecule has 1 aliphatic heterocycles. The Kier molecular flexibility index (Phi) is 16.8. The number of carbonyl (C=O) groups is 4. The number of nitrogens with one attached hydrogen (secondary N) is 1. The molecule has 2 heterocycles. The minimum atomic E-state index is -2.42. The van der Waals surface area contributed by atoms with Crippen LogP contribution in [0.25, 0.3) is 0 Å². The molecule has 8 heteroatoms. The van der Waals surface area contributed by atoms with Gasteiger partial charge in [-0.15, -0.1) is 0 Å². The highest BCUT2D eigenvalue weighted by Gasteiger charge is 2.71. The van der Waals surface area contributed by atoms with Gasteiger partial charge in [0.1, 0.15) is 22.8 Å². The highest BCUT2D eigenvalue weighted by molar-refractivity contribution is 6.15. The molecule has 1 fully saturated rings. The summed E-state index contributed by atoms with van der Waals surface area (Å²) in [7, 11) is 0. The summed E-state index contributed by atoms with van der Waals surface area (Å²) in [5, 5.41) is 20.9. The average Bonchev–Trinajstić information content (AvgIpc) is 3.64. The van der Waals surface area contributed by atoms with Gasteiger partial charge in [0.25, 0.3) is 0 Å². The number of Topliss-reactive ketones (excluding diaryl/α,β-unsaturated/α-hetero) is 2. The van der Waals surface area contributed by atoms with Crippen LogP contribution in [0.4, 0.5) is 5.82 Å². The molecule has 0 spiro atoms. The van der Waals surface area contributed by atoms with Crippen molar-refractivity contribution in [3.8, 4) is 0 Å². The van der Waals surface area contributed by atoms with Crippen LogP contribution in [0.1, 0.15) is 162 Å². The number of rotatable bonds is 26. The standard InChI is InChI=1S/C36H60N2O6/c1-4-7-9-11-13-15-17-19-21-24-30(39)35(31(40)25-22-20-18-16-14-12-10-8-5-2)28-36(33(41)42,34(43)44)38(29(35)6-3)32-26-23-27-37-32/h23,26-27,29,37H,4-22,24-25,28H2,1-3H3,(H,41,42)(H,43,44). The van der Waals surface area contributed by atoms with Crippen molar-refractivity contribution < 1.29 is 29.4 Å². The third-order valence-electron chi connectivity index (χ3n) is 9.77. The Morgan fingerprint density at radius 3 is 1.45 bits per heavy atom. The van der Waals surface area contributed by atoms with Crippen molar-refractivity contribution in [2.24, 2.45) is 5.41 Å². The fourth-order valence-corrected chi connectivity index (χ4v) is 7.28. The van der Waals surface area contributed by atoms with E-state index in [1.165, 1.54) is 69.1 Å². The molecule has 0 radical (unpaired) electrons. The minimum absolute atomic E-state index is 0.156. The van der Waals surface area contributed by atoms with Gasteiger partial charge in [-0.05, 0) is 31.4 Å². The number of aromatic amines is 1. The Balaban J connectivity index is 2.23. The summed E-state index contributed by atoms with van der Waals surface area (Å²) >= 11 is 0. The second-order valence-electron chi connectivity index (χ2n) is 13.0. The first-order valence-corrected chi connectivity index (χ1v) is 17.7. The van der Waals surface area contributed by atoms with Crippen LogP contribution >= 0.6 is 0 Å². The maximum atomic E-state index is 14.3. The average molecular weight is 617 g/mol. The highest BCUT2D eigenvalue weighted by atomic mass is 16.4. The summed E-state index contributed by atoms with van der Waals surface area (Å²) in [6, 6.07) is 2.42. The Bertz CT molecular complexity index is 956. The zero-order valence-electron chi connectivity index (χ0n) is 27.8. The zero-order valence-corrected chi connectivity index (χ0v) is 27.8. The normalized spacial score (nSPS) is 17.2. The molecule has 1 aromatic rings. The summed E-state index contributed by atoms with van der Waals surface area (Å²) in [5.74, 6) is -3.39. The Morgan fingerprint density at radius 2 is 1.11 bits per heavy atom. The third kappa shape index (κ3) is 9.43. The number of hydrogen-bond donors (Lipinski definition) is 3. The lowest BCUT2D eigenvalue weighted by Crippen LogP contribution is -2.59. The van der Waals surface area contributed by atoms with Crippen molar-refractivity contribution in [1.82, 2.24) is 4.98 Å². The number of nitrogens with zero attached hydrogens (tertiary/aromatic N) is 1. The SMILES string of the molecule is CCCCCCCCCCCC(=O)C1(C(=O)CCCCCCCCCCC)CC(C(=O)O)(C(=O)O)N(c2ccc[nH]2)C1CC. The van der Waals surface area contributed by atoms with E-state index in [4.69, 9.17) is 0 Å². The molecule has 44 heavy (non-hydrogen) atoms. The summed E-state index contributed by atoms with van der Waals surface area (Å²) in [6.07, 6.45) is 21.1. The second-order valence-corrected chi connectivity index (χ2v) is 13.0. The number of aromatic nitrogens is 1. The van der Waals surface area contributed by atoms with Gasteiger partial charge in [0.15, 0.2) is 0 Å². The number of carbonyl (C=O) groups excluding carboxylic acids is 2. The van der Waals surface area contributed by atoms with Crippen molar-refractivity contribution in [2.75, 3.05) is 4.90 Å². The first-order chi connectivity index (χ1) is 21.2. The van der Waals surface area contributed by atoms with Crippen LogP contribution in [0, 0.1) is 5.41 Å². The highest BCUT2D eigenvalue weighted by Crippen LogP contribution is 2.52. The Hall–Kier alpha value is -2.64. The molecule has 8 nitrogen and oxygen atoms in total. The molecule has 1 aromatic heterocycles. The molecule has 0 amide bonds. The fraction of sp³-hybridized carbons (Fsp3) is 0.778. The second kappa shape index (κ2) is 19.7. The predicted molar refractivity (Wildman–Crippen MR) is 176 cm³/mol. The lowest BCUT2D eigenvalue weighted by Gasteiger charge is -2.38. The molecule has 3 N–H and O–H groups in total. The molecule has 1 aliphatic rings. The zero-order chi connectivity index (χ0) is 32.4. The van der Waals surface area contributed by atoms with Crippen molar-refractivity contribution in [3.05, 3.63) is 18.3 Å². The first-order valence-electron chi connectivity index (χ1n) is 17.7. The van der Waals surface area contributed by atoms with Gasteiger partial charge in [-0.25, -0.2) is 9.59 Å². The number of unbranched alkanes of at least 4 members (excludes halogenated alkanes) is 16. The number of anilines is 1. The summed E-state index contributed by atoms with van der Waals surface area (Å²) in [5.41, 5.74) is -4.11. The fourth-order valence-electron chi connectivity index (χ4n) is 7.28. The van der Waals surface area contributed by atoms with E-state index >= 15 is 0 Å². The quantitative estimate of drug-likeness (QED) is 0.0700. The van der Waals surface area contributed by atoms with Crippen LogP contribution in [-0.2, 0) is 19.2 Å². The van der Waals surface area contributed by atoms with E-state index in [-0.39, 0.29) is 30.8 Å². The van der Waals surface area contributed by atoms with Gasteiger partial charge in [0.05, 0.1) is 6.04 Å². The van der Waals surface area contributed by atoms with Crippen LogP contribution in [0.3, 0.4) is 0 Å². The van der Waals surface area contributed by atoms with E-state index in [1.807, 2.05) is 6.92 Å². The molecule has 0 aliphatic carbocycles. The minimum Gasteiger partial charge on any atom is -0.479 e. The van der Waals surface area contributed by atoms with Crippen molar-refractivity contribution in [3.63, 3.8) is 0 Å². The maximum absolute atomic E-state index is 14.3. The molecular weight excluding hydrogens is 556 g/mol. The molecule has 250 valence electrons. The van der Waals surface area contributed by atoms with E-state index in [2.05, 4.69) is 18.8 Å². The number of hydrogen-bond acceptors (Lipinski definition) is 5. The lowest BCUT2D eigenvalue weighted by molar-refractivity contribution is -0.157. The maximum Gasteiger partial charge on any atom is 0.341 e. The van der Waals surface area contributed by atoms with Crippen LogP contribution < -0.4 is 4.90 Å². The van der Waals surface area contributed by atoms with Gasteiger partial charge < -0.3 is 20.1 Å². The van der Waals surface area contributed by atoms with Crippen molar-refractivity contribution >= 4 is 29.3 Å². The van der Waals surface area contributed by atoms with Crippen LogP contribution in [0.5, 0.6) is 0 Å². The largest absolute Gasteiger partial charge is 0.479 e. The topological polar surface area (TPSA) is 128 Å². The number of aliphatic carboxylic acids is 2. The van der Waals surface area contributed by atoms with E-state index in [1.54, 1.807) is 18.3 Å². The van der Waals surface area contributed by atoms with Gasteiger partial charge in [-0.3, -0.25) is 9.59 Å². The van der Waals surface area contributed by atoms with Crippen molar-refractivity contribution in [1.29, 1.82) is 0 Å². The lowest BCUT2D eigenvalue weighted by atomic mass is 9.67. The molecule has 0 bridgehead atoms. The van der Waals surface area contributed by atoms with E-state index < -0.39 is 35.4 Å². The molecule has 1 saturated heterocycles. The number of carboxylic acid groups (broad SMARTS) is 2. The summed E-state index contributed by atoms with van der Waals surface area (Å²) < 4.78 is 0. The van der Waals surface area contributed by atoms with E-state index in [9.17, 15) is 29.4 Å². The third-order valence-corrected chi connectivity index (χ3v) is 9.77. The molecular formula is C36H60N2O6. The molecule has 2 rings (SSSR count). The van der Waals surface area contributed by atoms with Crippen molar-refractivity contribution in [2.45, 2.75) is 174 Å². The van der Waals surface area contributed by atoms with Gasteiger partial charge in [-0.2, -0.15) is 0 Å². The number of H-pyrrole nitrogens is 1. The molecule has 0 aromatic carbocycles. The predicted octanol–water partition coefficient (Wildman–Crippen LogP) is 8.88. The van der Waals surface area contributed by atoms with E-state index in [0.29, 0.717) is 18.7 Å².